The molecule has 0 bridgehead atoms. The minimum Gasteiger partial charge on any atom is -0.481 e. The van der Waals surface area contributed by atoms with Crippen LogP contribution >= 0.6 is 0 Å². The maximum atomic E-state index is 10.7. The van der Waals surface area contributed by atoms with Gasteiger partial charge in [0.25, 0.3) is 0 Å². The quantitative estimate of drug-likeness (QED) is 0.756. The molecule has 1 fully saturated rings. The van der Waals surface area contributed by atoms with Gasteiger partial charge in [-0.05, 0) is 32.2 Å². The van der Waals surface area contributed by atoms with Gasteiger partial charge in [0.15, 0.2) is 0 Å². The van der Waals surface area contributed by atoms with Crippen LogP contribution in [0.15, 0.2) is 0 Å². The van der Waals surface area contributed by atoms with Gasteiger partial charge in [-0.15, -0.1) is 0 Å². The van der Waals surface area contributed by atoms with Crippen molar-refractivity contribution in [1.29, 1.82) is 0 Å². The van der Waals surface area contributed by atoms with Crippen molar-refractivity contribution in [1.82, 2.24) is 0 Å². The Morgan fingerprint density at radius 1 is 1.50 bits per heavy atom. The summed E-state index contributed by atoms with van der Waals surface area (Å²) in [6.45, 7) is 9.05. The Labute approximate surface area is 99.2 Å². The minimum atomic E-state index is -1.21. The number of rotatable bonds is 5. The first-order valence-electron chi connectivity index (χ1n) is 6.12. The van der Waals surface area contributed by atoms with E-state index in [9.17, 15) is 4.79 Å². The summed E-state index contributed by atoms with van der Waals surface area (Å²) in [6.07, 6.45) is 3.31. The highest BCUT2D eigenvalue weighted by molar-refractivity contribution is 6.76. The lowest BCUT2D eigenvalue weighted by atomic mass is 9.96. The van der Waals surface area contributed by atoms with Crippen molar-refractivity contribution in [2.75, 3.05) is 0 Å². The summed E-state index contributed by atoms with van der Waals surface area (Å²) < 4.78 is 6.05. The van der Waals surface area contributed by atoms with E-state index in [2.05, 4.69) is 26.6 Å². The van der Waals surface area contributed by atoms with E-state index in [0.717, 1.165) is 18.9 Å². The summed E-state index contributed by atoms with van der Waals surface area (Å²) in [4.78, 5) is 10.7. The van der Waals surface area contributed by atoms with Crippen LogP contribution in [0, 0.1) is 0 Å². The Morgan fingerprint density at radius 2 is 2.12 bits per heavy atom. The molecule has 0 aromatic heterocycles. The van der Waals surface area contributed by atoms with Crippen molar-refractivity contribution >= 4 is 14.0 Å². The minimum absolute atomic E-state index is 0.137. The van der Waals surface area contributed by atoms with E-state index in [1.165, 1.54) is 0 Å². The molecule has 1 aliphatic rings. The lowest BCUT2D eigenvalue weighted by Crippen LogP contribution is -2.38. The van der Waals surface area contributed by atoms with Gasteiger partial charge in [0.1, 0.15) is 0 Å². The summed E-state index contributed by atoms with van der Waals surface area (Å²) in [7, 11) is -1.21. The molecule has 1 heterocycles. The van der Waals surface area contributed by atoms with Gasteiger partial charge in [0.05, 0.1) is 11.7 Å². The van der Waals surface area contributed by atoms with E-state index in [-0.39, 0.29) is 12.0 Å². The van der Waals surface area contributed by atoms with Crippen LogP contribution in [0.25, 0.3) is 0 Å². The van der Waals surface area contributed by atoms with Crippen molar-refractivity contribution in [2.24, 2.45) is 0 Å². The van der Waals surface area contributed by atoms with E-state index in [1.54, 1.807) is 0 Å². The molecule has 0 amide bonds. The molecule has 0 spiro atoms. The molecule has 2 atom stereocenters. The first-order valence-corrected chi connectivity index (χ1v) is 9.83. The van der Waals surface area contributed by atoms with Crippen LogP contribution in [0.5, 0.6) is 0 Å². The molecular formula is C12H24O3Si. The second-order valence-corrected chi connectivity index (χ2v) is 11.8. The molecular weight excluding hydrogens is 220 g/mol. The average molecular weight is 244 g/mol. The molecule has 0 aromatic carbocycles. The maximum Gasteiger partial charge on any atom is 0.303 e. The summed E-state index contributed by atoms with van der Waals surface area (Å²) in [5, 5.41) is 8.81. The van der Waals surface area contributed by atoms with Gasteiger partial charge >= 0.3 is 5.97 Å². The van der Waals surface area contributed by atoms with Crippen molar-refractivity contribution in [2.45, 2.75) is 70.0 Å². The molecule has 3 nitrogen and oxygen atoms in total. The van der Waals surface area contributed by atoms with Gasteiger partial charge in [-0.2, -0.15) is 0 Å². The lowest BCUT2D eigenvalue weighted by molar-refractivity contribution is -0.138. The molecule has 16 heavy (non-hydrogen) atoms. The normalized spacial score (nSPS) is 30.6. The van der Waals surface area contributed by atoms with Crippen molar-refractivity contribution in [3.8, 4) is 0 Å². The third-order valence-corrected chi connectivity index (χ3v) is 4.81. The summed E-state index contributed by atoms with van der Waals surface area (Å²) in [6, 6.07) is 1.08. The molecule has 0 saturated carbocycles. The van der Waals surface area contributed by atoms with Crippen molar-refractivity contribution in [3.05, 3.63) is 0 Å². The van der Waals surface area contributed by atoms with Crippen LogP contribution in [-0.2, 0) is 9.53 Å². The fourth-order valence-corrected chi connectivity index (χ4v) is 5.08. The summed E-state index contributed by atoms with van der Waals surface area (Å²) >= 11 is 0. The second-order valence-electron chi connectivity index (χ2n) is 6.28. The Bertz CT molecular complexity index is 259. The fourth-order valence-electron chi connectivity index (χ4n) is 2.71. The van der Waals surface area contributed by atoms with E-state index >= 15 is 0 Å². The molecule has 0 aliphatic carbocycles. The van der Waals surface area contributed by atoms with Crippen LogP contribution in [0.4, 0.5) is 0 Å². The summed E-state index contributed by atoms with van der Waals surface area (Å²) in [5.74, 6) is -0.710. The zero-order chi connectivity index (χ0) is 12.4. The molecule has 1 aliphatic heterocycles. The first kappa shape index (κ1) is 13.7. The monoisotopic (exact) mass is 244 g/mol. The highest BCUT2D eigenvalue weighted by atomic mass is 28.3. The SMILES string of the molecule is CC1CCC(CCC(=O)O)(C[Si](C)(C)C)O1. The number of carboxylic acid groups (broad SMARTS) is 1. The van der Waals surface area contributed by atoms with E-state index in [0.29, 0.717) is 12.5 Å². The van der Waals surface area contributed by atoms with Gasteiger partial charge in [-0.25, -0.2) is 0 Å². The number of ether oxygens (including phenoxy) is 1. The third kappa shape index (κ3) is 4.26. The number of hydrogen-bond donors (Lipinski definition) is 1. The van der Waals surface area contributed by atoms with Gasteiger partial charge in [-0.3, -0.25) is 4.79 Å². The van der Waals surface area contributed by atoms with E-state index < -0.39 is 14.0 Å². The molecule has 4 heteroatoms. The molecule has 1 N–H and O–H groups in total. The van der Waals surface area contributed by atoms with Gasteiger partial charge in [-0.1, -0.05) is 19.6 Å². The fraction of sp³-hybridized carbons (Fsp3) is 0.917. The van der Waals surface area contributed by atoms with E-state index in [1.807, 2.05) is 0 Å². The Kier molecular flexibility index (Phi) is 4.18. The number of carboxylic acids is 1. The average Bonchev–Trinajstić information content (AvgIpc) is 2.42. The summed E-state index contributed by atoms with van der Waals surface area (Å²) in [5.41, 5.74) is -0.137. The second kappa shape index (κ2) is 4.88. The number of carbonyl (C=O) groups is 1. The van der Waals surface area contributed by atoms with Gasteiger partial charge in [0.2, 0.25) is 0 Å². The van der Waals surface area contributed by atoms with Crippen LogP contribution in [0.2, 0.25) is 25.7 Å². The largest absolute Gasteiger partial charge is 0.481 e. The Morgan fingerprint density at radius 3 is 2.50 bits per heavy atom. The topological polar surface area (TPSA) is 46.5 Å². The predicted octanol–water partition coefficient (Wildman–Crippen LogP) is 3.13. The highest BCUT2D eigenvalue weighted by Gasteiger charge is 2.41. The third-order valence-electron chi connectivity index (χ3n) is 3.10. The molecule has 1 rings (SSSR count). The standard InChI is InChI=1S/C12H24O3Si/c1-10-5-7-12(15-10,8-6-11(13)14)9-16(2,3)4/h10H,5-9H2,1-4H3,(H,13,14). The molecule has 0 aromatic rings. The zero-order valence-corrected chi connectivity index (χ0v) is 11.9. The van der Waals surface area contributed by atoms with Crippen molar-refractivity contribution < 1.29 is 14.6 Å². The molecule has 94 valence electrons. The van der Waals surface area contributed by atoms with Crippen LogP contribution in [0.1, 0.15) is 32.6 Å². The maximum absolute atomic E-state index is 10.7. The highest BCUT2D eigenvalue weighted by Crippen LogP contribution is 2.40. The Hall–Kier alpha value is -0.353. The molecule has 0 radical (unpaired) electrons. The molecule has 2 unspecified atom stereocenters. The van der Waals surface area contributed by atoms with E-state index in [4.69, 9.17) is 9.84 Å². The van der Waals surface area contributed by atoms with Crippen molar-refractivity contribution in [3.63, 3.8) is 0 Å². The van der Waals surface area contributed by atoms with Crippen LogP contribution in [0.3, 0.4) is 0 Å². The molecule has 1 saturated heterocycles. The number of aliphatic carboxylic acids is 1. The smallest absolute Gasteiger partial charge is 0.303 e. The van der Waals surface area contributed by atoms with Crippen LogP contribution in [-0.4, -0.2) is 30.9 Å². The first-order chi connectivity index (χ1) is 7.22. The zero-order valence-electron chi connectivity index (χ0n) is 10.9. The Balaban J connectivity index is 2.66. The lowest BCUT2D eigenvalue weighted by Gasteiger charge is -2.34. The van der Waals surface area contributed by atoms with Crippen LogP contribution < -0.4 is 0 Å². The number of hydrogen-bond acceptors (Lipinski definition) is 2. The predicted molar refractivity (Wildman–Crippen MR) is 67.5 cm³/mol. The van der Waals surface area contributed by atoms with Gasteiger partial charge in [0, 0.05) is 14.5 Å². The van der Waals surface area contributed by atoms with Gasteiger partial charge < -0.3 is 9.84 Å².